The van der Waals surface area contributed by atoms with Gasteiger partial charge in [0.15, 0.2) is 0 Å². The average Bonchev–Trinajstić information content (AvgIpc) is 3.82. The molecular weight excluding hydrogens is 995 g/mol. The fourth-order valence-electron chi connectivity index (χ4n) is 13.6. The highest BCUT2D eigenvalue weighted by Gasteiger charge is 2.49. The largest absolute Gasteiger partial charge is 0.458 e. The first-order chi connectivity index (χ1) is 38.3. The highest BCUT2D eigenvalue weighted by Crippen LogP contribution is 2.47. The Labute approximate surface area is 458 Å². The van der Waals surface area contributed by atoms with Gasteiger partial charge in [0.05, 0.1) is 0 Å². The molecule has 6 aliphatic heterocycles. The number of hydrogen-bond acceptors (Lipinski definition) is 8. The van der Waals surface area contributed by atoms with Crippen molar-refractivity contribution in [3.63, 3.8) is 0 Å². The molecule has 18 rings (SSSR count). The third-order valence-corrected chi connectivity index (χ3v) is 19.6. The third kappa shape index (κ3) is 5.95. The molecule has 8 heterocycles. The molecule has 0 amide bonds. The van der Waals surface area contributed by atoms with Crippen molar-refractivity contribution in [2.45, 2.75) is 20.8 Å². The molecule has 10 aromatic carbocycles. The van der Waals surface area contributed by atoms with Crippen molar-refractivity contribution in [3.8, 4) is 90.9 Å². The Morgan fingerprint density at radius 1 is 0.333 bits per heavy atom. The number of anilines is 2. The minimum atomic E-state index is -0.249. The maximum Gasteiger partial charge on any atom is 0.273 e. The van der Waals surface area contributed by atoms with Gasteiger partial charge < -0.3 is 29.0 Å². The van der Waals surface area contributed by atoms with Crippen LogP contribution in [0.15, 0.2) is 182 Å². The normalized spacial score (nSPS) is 13.9. The zero-order chi connectivity index (χ0) is 51.2. The van der Waals surface area contributed by atoms with E-state index in [0.717, 1.165) is 140 Å². The third-order valence-electron chi connectivity index (χ3n) is 17.2. The highest BCUT2D eigenvalue weighted by atomic mass is 32.1. The number of benzene rings is 10. The van der Waals surface area contributed by atoms with Crippen molar-refractivity contribution in [3.05, 3.63) is 199 Å². The monoisotopic (exact) mass is 1040 g/mol. The summed E-state index contributed by atoms with van der Waals surface area (Å²) in [4.78, 5) is 0. The quantitative estimate of drug-likeness (QED) is 0.178. The summed E-state index contributed by atoms with van der Waals surface area (Å²) < 4.78 is 40.8. The van der Waals surface area contributed by atoms with E-state index in [2.05, 4.69) is 208 Å². The fraction of sp³-hybridized carbons (Fsp3) is 0.0448. The van der Waals surface area contributed by atoms with E-state index in [4.69, 9.17) is 23.7 Å². The first kappa shape index (κ1) is 43.2. The molecule has 78 heavy (non-hydrogen) atoms. The summed E-state index contributed by atoms with van der Waals surface area (Å²) >= 11 is 3.64. The first-order valence-electron chi connectivity index (χ1n) is 26.6. The second-order valence-corrected chi connectivity index (χ2v) is 23.7. The molecule has 11 heteroatoms. The predicted molar refractivity (Wildman–Crippen MR) is 324 cm³/mol. The molecule has 0 saturated heterocycles. The van der Waals surface area contributed by atoms with E-state index in [1.54, 1.807) is 0 Å². The molecule has 0 bridgehead atoms. The molecule has 364 valence electrons. The van der Waals surface area contributed by atoms with Crippen LogP contribution in [0, 0.1) is 20.8 Å². The summed E-state index contributed by atoms with van der Waals surface area (Å²) in [6.07, 6.45) is 0. The molecular formula is C67H40B3NO5S2. The SMILES string of the molecule is Cc1ccccc1-c1cc2c3c(c1)Oc1c(sc4ccccc14)B3c1cc3c(cc1N2)Oc1cc(-c2ccccc2C)cc2c1B3c1cc3c(cc1O2)Oc1cc(-c2ccccc2C)cc2c1B3c1sc3ccccc3c1O2. The second-order valence-electron chi connectivity index (χ2n) is 21.6. The van der Waals surface area contributed by atoms with Gasteiger partial charge in [0, 0.05) is 64.2 Å². The van der Waals surface area contributed by atoms with Gasteiger partial charge in [-0.05, 0) is 159 Å². The smallest absolute Gasteiger partial charge is 0.273 e. The van der Waals surface area contributed by atoms with Crippen molar-refractivity contribution in [1.82, 2.24) is 0 Å². The van der Waals surface area contributed by atoms with Crippen molar-refractivity contribution in [1.29, 1.82) is 0 Å². The Balaban J connectivity index is 0.870. The van der Waals surface area contributed by atoms with Crippen molar-refractivity contribution < 1.29 is 23.7 Å². The Bertz CT molecular complexity index is 4460. The number of fused-ring (bicyclic) bond motifs is 16. The summed E-state index contributed by atoms with van der Waals surface area (Å²) in [6.45, 7) is 6.00. The number of thiophene rings is 2. The average molecular weight is 1040 g/mol. The van der Waals surface area contributed by atoms with Crippen LogP contribution in [0.25, 0.3) is 53.6 Å². The lowest BCUT2D eigenvalue weighted by Gasteiger charge is -2.38. The van der Waals surface area contributed by atoms with Gasteiger partial charge in [0.1, 0.15) is 57.5 Å². The molecule has 0 spiro atoms. The summed E-state index contributed by atoms with van der Waals surface area (Å²) in [5, 5.41) is 6.22. The Hall–Kier alpha value is -8.89. The number of ether oxygens (including phenoxy) is 5. The van der Waals surface area contributed by atoms with E-state index in [9.17, 15) is 0 Å². The number of hydrogen-bond donors (Lipinski definition) is 1. The van der Waals surface area contributed by atoms with Crippen LogP contribution in [0.2, 0.25) is 0 Å². The maximum atomic E-state index is 7.31. The van der Waals surface area contributed by atoms with Crippen molar-refractivity contribution >= 4 is 122 Å². The molecule has 0 unspecified atom stereocenters. The van der Waals surface area contributed by atoms with Crippen LogP contribution in [-0.4, -0.2) is 20.1 Å². The summed E-state index contributed by atoms with van der Waals surface area (Å²) in [5.41, 5.74) is 19.9. The highest BCUT2D eigenvalue weighted by molar-refractivity contribution is 7.34. The van der Waals surface area contributed by atoms with Gasteiger partial charge in [-0.25, -0.2) is 0 Å². The molecule has 2 aromatic heterocycles. The van der Waals surface area contributed by atoms with Crippen LogP contribution in [-0.2, 0) is 0 Å². The van der Waals surface area contributed by atoms with Gasteiger partial charge in [0.2, 0.25) is 0 Å². The lowest BCUT2D eigenvalue weighted by Crippen LogP contribution is -2.63. The summed E-state index contributed by atoms with van der Waals surface area (Å²) in [7, 11) is 0. The van der Waals surface area contributed by atoms with Gasteiger partial charge in [0.25, 0.3) is 20.1 Å². The van der Waals surface area contributed by atoms with E-state index in [0.29, 0.717) is 0 Å². The zero-order valence-electron chi connectivity index (χ0n) is 42.4. The fourth-order valence-corrected chi connectivity index (χ4v) is 16.1. The minimum absolute atomic E-state index is 0.0997. The predicted octanol–water partition coefficient (Wildman–Crippen LogP) is 12.2. The first-order valence-corrected chi connectivity index (χ1v) is 28.2. The second kappa shape index (κ2) is 15.6. The number of rotatable bonds is 3. The van der Waals surface area contributed by atoms with Crippen molar-refractivity contribution in [2.24, 2.45) is 0 Å². The molecule has 0 fully saturated rings. The molecule has 1 N–H and O–H groups in total. The van der Waals surface area contributed by atoms with Crippen LogP contribution < -0.4 is 76.8 Å². The molecule has 0 aliphatic carbocycles. The van der Waals surface area contributed by atoms with Crippen molar-refractivity contribution in [2.75, 3.05) is 5.32 Å². The molecule has 0 saturated carbocycles. The Morgan fingerprint density at radius 2 is 0.731 bits per heavy atom. The standard InChI is InChI=1S/C67H40B3NO5S2/c1-34-14-4-7-17-40(34)37-24-50-61-54(25-37)75-64-43-20-10-12-22-59(43)77-66(64)69(61)45-30-46-51(32-49(45)71-50)72-55-26-38(41-18-8-5-15-35(41)2)27-56-62(55)68(46)47-31-48-53(33-52(47)73-56)74-57-28-39(42-19-9-6-16-36(42)3)29-58-63(57)70(48)67-65(76-58)44-21-11-13-23-60(44)78-67/h4-33,71H,1-3H3. The summed E-state index contributed by atoms with van der Waals surface area (Å²) in [5.74, 6) is 8.25. The molecule has 6 nitrogen and oxygen atoms in total. The van der Waals surface area contributed by atoms with E-state index in [1.807, 2.05) is 22.7 Å². The van der Waals surface area contributed by atoms with Crippen LogP contribution >= 0.6 is 22.7 Å². The Morgan fingerprint density at radius 3 is 1.26 bits per heavy atom. The molecule has 12 aromatic rings. The van der Waals surface area contributed by atoms with Gasteiger partial charge in [-0.2, -0.15) is 0 Å². The van der Waals surface area contributed by atoms with Gasteiger partial charge in [-0.3, -0.25) is 0 Å². The van der Waals surface area contributed by atoms with Crippen LogP contribution in [0.1, 0.15) is 16.7 Å². The topological polar surface area (TPSA) is 58.2 Å². The Kier molecular flexibility index (Phi) is 8.66. The molecule has 0 atom stereocenters. The van der Waals surface area contributed by atoms with Crippen LogP contribution in [0.4, 0.5) is 11.4 Å². The van der Waals surface area contributed by atoms with Gasteiger partial charge >= 0.3 is 0 Å². The van der Waals surface area contributed by atoms with Crippen LogP contribution in [0.3, 0.4) is 0 Å². The maximum absolute atomic E-state index is 7.31. The zero-order valence-corrected chi connectivity index (χ0v) is 44.0. The van der Waals surface area contributed by atoms with Gasteiger partial charge in [-0.1, -0.05) is 109 Å². The lowest BCUT2D eigenvalue weighted by atomic mass is 9.31. The summed E-state index contributed by atoms with van der Waals surface area (Å²) in [6, 6.07) is 65.5. The lowest BCUT2D eigenvalue weighted by molar-refractivity contribution is 0.453. The van der Waals surface area contributed by atoms with E-state index >= 15 is 0 Å². The van der Waals surface area contributed by atoms with E-state index < -0.39 is 0 Å². The molecule has 0 radical (unpaired) electrons. The number of aryl methyl sites for hydroxylation is 3. The van der Waals surface area contributed by atoms with E-state index in [1.165, 1.54) is 46.7 Å². The van der Waals surface area contributed by atoms with Crippen LogP contribution in [0.5, 0.6) is 57.5 Å². The minimum Gasteiger partial charge on any atom is -0.458 e. The number of nitrogens with one attached hydrogen (secondary N) is 1. The van der Waals surface area contributed by atoms with Gasteiger partial charge in [-0.15, -0.1) is 22.7 Å². The molecule has 6 aliphatic rings. The van der Waals surface area contributed by atoms with E-state index in [-0.39, 0.29) is 20.1 Å².